The highest BCUT2D eigenvalue weighted by Crippen LogP contribution is 2.35. The number of aromatic nitrogens is 2. The lowest BCUT2D eigenvalue weighted by atomic mass is 10.2. The first-order valence-electron chi connectivity index (χ1n) is 6.01. The van der Waals surface area contributed by atoms with Crippen molar-refractivity contribution >= 4 is 23.0 Å². The molecule has 1 aliphatic heterocycles. The molecule has 0 spiro atoms. The molecular weight excluding hydrogens is 262 g/mol. The molecule has 0 saturated carbocycles. The molecule has 1 aliphatic rings. The van der Waals surface area contributed by atoms with Crippen molar-refractivity contribution in [3.05, 3.63) is 23.8 Å². The van der Waals surface area contributed by atoms with Crippen LogP contribution in [-0.2, 0) is 11.3 Å². The Kier molecular flexibility index (Phi) is 2.90. The van der Waals surface area contributed by atoms with Gasteiger partial charge in [-0.1, -0.05) is 5.16 Å². The average molecular weight is 275 g/mol. The van der Waals surface area contributed by atoms with Gasteiger partial charge in [-0.3, -0.25) is 4.79 Å². The van der Waals surface area contributed by atoms with E-state index in [2.05, 4.69) is 20.8 Å². The van der Waals surface area contributed by atoms with Crippen molar-refractivity contribution in [3.8, 4) is 5.75 Å². The Hall–Kier alpha value is -2.77. The van der Waals surface area contributed by atoms with Crippen LogP contribution < -0.4 is 21.1 Å². The number of aryl methyl sites for hydroxylation is 1. The van der Waals surface area contributed by atoms with E-state index in [-0.39, 0.29) is 12.5 Å². The number of carbonyl (C=O) groups is 1. The predicted octanol–water partition coefficient (Wildman–Crippen LogP) is 0.903. The van der Waals surface area contributed by atoms with E-state index in [0.717, 1.165) is 0 Å². The van der Waals surface area contributed by atoms with Crippen molar-refractivity contribution in [2.24, 2.45) is 0 Å². The molecule has 0 aliphatic carbocycles. The second-order valence-electron chi connectivity index (χ2n) is 4.36. The largest absolute Gasteiger partial charge is 0.482 e. The first kappa shape index (κ1) is 12.3. The van der Waals surface area contributed by atoms with Crippen LogP contribution in [0.2, 0.25) is 0 Å². The van der Waals surface area contributed by atoms with Crippen LogP contribution >= 0.6 is 0 Å². The lowest BCUT2D eigenvalue weighted by Gasteiger charge is -2.20. The molecule has 20 heavy (non-hydrogen) atoms. The Morgan fingerprint density at radius 1 is 1.50 bits per heavy atom. The van der Waals surface area contributed by atoms with Crippen molar-refractivity contribution in [1.82, 2.24) is 10.1 Å². The van der Waals surface area contributed by atoms with Gasteiger partial charge >= 0.3 is 0 Å². The number of benzene rings is 1. The molecule has 0 fully saturated rings. The van der Waals surface area contributed by atoms with E-state index in [9.17, 15) is 4.79 Å². The Morgan fingerprint density at radius 3 is 3.10 bits per heavy atom. The smallest absolute Gasteiger partial charge is 0.262 e. The van der Waals surface area contributed by atoms with Crippen LogP contribution in [0.5, 0.6) is 5.75 Å². The molecule has 8 heteroatoms. The van der Waals surface area contributed by atoms with Gasteiger partial charge in [-0.2, -0.15) is 4.98 Å². The molecule has 2 aromatic rings. The van der Waals surface area contributed by atoms with Gasteiger partial charge in [-0.15, -0.1) is 0 Å². The molecule has 2 heterocycles. The van der Waals surface area contributed by atoms with Gasteiger partial charge in [0.05, 0.1) is 23.6 Å². The summed E-state index contributed by atoms with van der Waals surface area (Å²) in [6.07, 6.45) is 0. The molecule has 4 N–H and O–H groups in total. The van der Waals surface area contributed by atoms with Gasteiger partial charge in [0.15, 0.2) is 12.4 Å². The minimum Gasteiger partial charge on any atom is -0.482 e. The van der Waals surface area contributed by atoms with Crippen molar-refractivity contribution in [3.63, 3.8) is 0 Å². The summed E-state index contributed by atoms with van der Waals surface area (Å²) >= 11 is 0. The summed E-state index contributed by atoms with van der Waals surface area (Å²) in [5.74, 6) is 1.39. The maximum Gasteiger partial charge on any atom is 0.262 e. The Balaban J connectivity index is 1.79. The third kappa shape index (κ3) is 2.35. The summed E-state index contributed by atoms with van der Waals surface area (Å²) in [6.45, 7) is 2.09. The van der Waals surface area contributed by atoms with Crippen LogP contribution in [0.3, 0.4) is 0 Å². The van der Waals surface area contributed by atoms with Gasteiger partial charge < -0.3 is 25.6 Å². The average Bonchev–Trinajstić information content (AvgIpc) is 2.83. The fourth-order valence-electron chi connectivity index (χ4n) is 1.88. The van der Waals surface area contributed by atoms with E-state index in [0.29, 0.717) is 41.1 Å². The molecule has 0 bridgehead atoms. The van der Waals surface area contributed by atoms with Gasteiger partial charge in [0, 0.05) is 6.07 Å². The standard InChI is InChI=1S/C12H13N5O3/c1-6-15-12(20-17-6)4-14-8-3-9-10(2-7(8)13)19-5-11(18)16-9/h2-3,14H,4-5,13H2,1H3,(H,16,18). The topological polar surface area (TPSA) is 115 Å². The molecule has 1 aromatic carbocycles. The van der Waals surface area contributed by atoms with Crippen molar-refractivity contribution < 1.29 is 14.1 Å². The minimum absolute atomic E-state index is 0.000473. The van der Waals surface area contributed by atoms with Crippen molar-refractivity contribution in [1.29, 1.82) is 0 Å². The Morgan fingerprint density at radius 2 is 2.35 bits per heavy atom. The van der Waals surface area contributed by atoms with Crippen molar-refractivity contribution in [2.45, 2.75) is 13.5 Å². The van der Waals surface area contributed by atoms with E-state index in [1.54, 1.807) is 19.1 Å². The molecule has 104 valence electrons. The van der Waals surface area contributed by atoms with Gasteiger partial charge in [-0.05, 0) is 13.0 Å². The van der Waals surface area contributed by atoms with Crippen LogP contribution in [0.4, 0.5) is 17.1 Å². The number of nitrogens with two attached hydrogens (primary N) is 1. The number of nitrogens with one attached hydrogen (secondary N) is 2. The van der Waals surface area contributed by atoms with Crippen LogP contribution in [0.1, 0.15) is 11.7 Å². The highest BCUT2D eigenvalue weighted by molar-refractivity contribution is 5.97. The Bertz CT molecular complexity index is 667. The number of nitrogens with zero attached hydrogens (tertiary/aromatic N) is 2. The summed E-state index contributed by atoms with van der Waals surface area (Å²) in [5, 5.41) is 9.50. The summed E-state index contributed by atoms with van der Waals surface area (Å²) < 4.78 is 10.3. The number of nitrogen functional groups attached to an aromatic ring is 1. The quantitative estimate of drug-likeness (QED) is 0.713. The normalized spacial score (nSPS) is 13.3. The Labute approximate surface area is 114 Å². The minimum atomic E-state index is -0.194. The predicted molar refractivity (Wildman–Crippen MR) is 71.3 cm³/mol. The number of hydrogen-bond donors (Lipinski definition) is 3. The number of ether oxygens (including phenoxy) is 1. The highest BCUT2D eigenvalue weighted by atomic mass is 16.5. The number of anilines is 3. The van der Waals surface area contributed by atoms with Gasteiger partial charge in [0.1, 0.15) is 5.75 Å². The maximum absolute atomic E-state index is 11.3. The summed E-state index contributed by atoms with van der Waals surface area (Å²) in [7, 11) is 0. The second kappa shape index (κ2) is 4.72. The molecule has 0 radical (unpaired) electrons. The van der Waals surface area contributed by atoms with Crippen LogP contribution in [0.25, 0.3) is 0 Å². The zero-order valence-electron chi connectivity index (χ0n) is 10.8. The van der Waals surface area contributed by atoms with Crippen molar-refractivity contribution in [2.75, 3.05) is 23.0 Å². The molecule has 1 amide bonds. The molecule has 3 rings (SSSR count). The molecule has 0 saturated heterocycles. The first-order valence-corrected chi connectivity index (χ1v) is 6.01. The molecule has 0 unspecified atom stereocenters. The first-order chi connectivity index (χ1) is 9.61. The molecular formula is C12H13N5O3. The van der Waals surface area contributed by atoms with Gasteiger partial charge in [-0.25, -0.2) is 0 Å². The summed E-state index contributed by atoms with van der Waals surface area (Å²) in [4.78, 5) is 15.4. The number of fused-ring (bicyclic) bond motifs is 1. The number of rotatable bonds is 3. The number of carbonyl (C=O) groups excluding carboxylic acids is 1. The SMILES string of the molecule is Cc1noc(CNc2cc3c(cc2N)OCC(=O)N3)n1. The van der Waals surface area contributed by atoms with E-state index < -0.39 is 0 Å². The maximum atomic E-state index is 11.3. The van der Waals surface area contributed by atoms with Crippen LogP contribution in [0.15, 0.2) is 16.7 Å². The van der Waals surface area contributed by atoms with Crippen LogP contribution in [-0.4, -0.2) is 22.7 Å². The highest BCUT2D eigenvalue weighted by Gasteiger charge is 2.18. The fourth-order valence-corrected chi connectivity index (χ4v) is 1.88. The summed E-state index contributed by atoms with van der Waals surface area (Å²) in [6, 6.07) is 3.38. The zero-order valence-corrected chi connectivity index (χ0v) is 10.8. The number of hydrogen-bond acceptors (Lipinski definition) is 7. The fraction of sp³-hybridized carbons (Fsp3) is 0.250. The van der Waals surface area contributed by atoms with E-state index in [1.807, 2.05) is 0 Å². The van der Waals surface area contributed by atoms with Gasteiger partial charge in [0.25, 0.3) is 5.91 Å². The van der Waals surface area contributed by atoms with E-state index >= 15 is 0 Å². The lowest BCUT2D eigenvalue weighted by molar-refractivity contribution is -0.118. The lowest BCUT2D eigenvalue weighted by Crippen LogP contribution is -2.25. The zero-order chi connectivity index (χ0) is 14.1. The van der Waals surface area contributed by atoms with E-state index in [1.165, 1.54) is 0 Å². The molecule has 1 aromatic heterocycles. The monoisotopic (exact) mass is 275 g/mol. The number of amides is 1. The van der Waals surface area contributed by atoms with E-state index in [4.69, 9.17) is 15.0 Å². The van der Waals surface area contributed by atoms with Gasteiger partial charge in [0.2, 0.25) is 5.89 Å². The van der Waals surface area contributed by atoms with Crippen LogP contribution in [0, 0.1) is 6.92 Å². The molecule has 0 atom stereocenters. The summed E-state index contributed by atoms with van der Waals surface area (Å²) in [5.41, 5.74) is 7.68. The third-order valence-corrected chi connectivity index (χ3v) is 2.78. The second-order valence-corrected chi connectivity index (χ2v) is 4.36. The molecule has 8 nitrogen and oxygen atoms in total. The third-order valence-electron chi connectivity index (χ3n) is 2.78.